The van der Waals surface area contributed by atoms with E-state index in [-0.39, 0.29) is 22.6 Å². The number of hydrogen-bond donors (Lipinski definition) is 1. The number of alkyl halides is 2. The average molecular weight is 298 g/mol. The standard InChI is InChI=1S/C15H13F3O3/c1-20-12-8-4-6-10(13(12)16)14(19)9-5-2-3-7-11(9)21-15(17)18/h2-8,14-15,19H,1H3. The molecule has 0 bridgehead atoms. The highest BCUT2D eigenvalue weighted by atomic mass is 19.3. The van der Waals surface area contributed by atoms with E-state index in [1.165, 1.54) is 49.6 Å². The van der Waals surface area contributed by atoms with Gasteiger partial charge in [0.05, 0.1) is 7.11 Å². The van der Waals surface area contributed by atoms with Crippen molar-refractivity contribution in [1.29, 1.82) is 0 Å². The SMILES string of the molecule is COc1cccc(C(O)c2ccccc2OC(F)F)c1F. The first-order chi connectivity index (χ1) is 10.0. The molecule has 0 fully saturated rings. The third-order valence-corrected chi connectivity index (χ3v) is 2.94. The van der Waals surface area contributed by atoms with Crippen LogP contribution in [0.5, 0.6) is 11.5 Å². The van der Waals surface area contributed by atoms with Crippen LogP contribution in [0.3, 0.4) is 0 Å². The van der Waals surface area contributed by atoms with Crippen LogP contribution in [-0.2, 0) is 0 Å². The molecule has 112 valence electrons. The number of methoxy groups -OCH3 is 1. The Morgan fingerprint density at radius 3 is 2.24 bits per heavy atom. The van der Waals surface area contributed by atoms with Crippen molar-refractivity contribution < 1.29 is 27.8 Å². The Labute approximate surface area is 119 Å². The van der Waals surface area contributed by atoms with Crippen LogP contribution in [0, 0.1) is 5.82 Å². The molecule has 2 rings (SSSR count). The molecular formula is C15H13F3O3. The Kier molecular flexibility index (Phi) is 4.70. The third-order valence-electron chi connectivity index (χ3n) is 2.94. The number of rotatable bonds is 5. The predicted octanol–water partition coefficient (Wildman–Crippen LogP) is 3.52. The van der Waals surface area contributed by atoms with Crippen molar-refractivity contribution in [2.24, 2.45) is 0 Å². The smallest absolute Gasteiger partial charge is 0.387 e. The number of ether oxygens (including phenoxy) is 2. The summed E-state index contributed by atoms with van der Waals surface area (Å²) >= 11 is 0. The molecule has 1 N–H and O–H groups in total. The van der Waals surface area contributed by atoms with E-state index in [0.29, 0.717) is 0 Å². The number of halogens is 3. The van der Waals surface area contributed by atoms with Gasteiger partial charge in [0.1, 0.15) is 11.9 Å². The van der Waals surface area contributed by atoms with Crippen molar-refractivity contribution in [3.63, 3.8) is 0 Å². The molecule has 2 aromatic rings. The summed E-state index contributed by atoms with van der Waals surface area (Å²) < 4.78 is 48.0. The first-order valence-electron chi connectivity index (χ1n) is 6.08. The zero-order valence-electron chi connectivity index (χ0n) is 11.1. The van der Waals surface area contributed by atoms with Crippen molar-refractivity contribution in [2.45, 2.75) is 12.7 Å². The van der Waals surface area contributed by atoms with Crippen LogP contribution >= 0.6 is 0 Å². The maximum absolute atomic E-state index is 14.1. The van der Waals surface area contributed by atoms with Gasteiger partial charge in [-0.3, -0.25) is 0 Å². The lowest BCUT2D eigenvalue weighted by atomic mass is 10.00. The lowest BCUT2D eigenvalue weighted by Gasteiger charge is -2.17. The fourth-order valence-corrected chi connectivity index (χ4v) is 1.97. The van der Waals surface area contributed by atoms with Gasteiger partial charge in [-0.25, -0.2) is 4.39 Å². The Balaban J connectivity index is 2.43. The van der Waals surface area contributed by atoms with Crippen molar-refractivity contribution >= 4 is 0 Å². The topological polar surface area (TPSA) is 38.7 Å². The van der Waals surface area contributed by atoms with Gasteiger partial charge in [0.15, 0.2) is 11.6 Å². The van der Waals surface area contributed by atoms with E-state index >= 15 is 0 Å². The van der Waals surface area contributed by atoms with Crippen LogP contribution in [0.4, 0.5) is 13.2 Å². The normalized spacial score (nSPS) is 12.3. The average Bonchev–Trinajstić information content (AvgIpc) is 2.47. The zero-order valence-corrected chi connectivity index (χ0v) is 11.1. The van der Waals surface area contributed by atoms with Crippen molar-refractivity contribution in [3.8, 4) is 11.5 Å². The number of hydrogen-bond acceptors (Lipinski definition) is 3. The van der Waals surface area contributed by atoms with E-state index in [0.717, 1.165) is 0 Å². The van der Waals surface area contributed by atoms with E-state index in [1.807, 2.05) is 0 Å². The molecule has 2 aromatic carbocycles. The monoisotopic (exact) mass is 298 g/mol. The Morgan fingerprint density at radius 2 is 1.57 bits per heavy atom. The van der Waals surface area contributed by atoms with Crippen molar-refractivity contribution in [1.82, 2.24) is 0 Å². The number of aliphatic hydroxyl groups is 1. The molecule has 3 nitrogen and oxygen atoms in total. The first-order valence-corrected chi connectivity index (χ1v) is 6.08. The van der Waals surface area contributed by atoms with E-state index < -0.39 is 18.5 Å². The minimum atomic E-state index is -3.03. The molecule has 0 aromatic heterocycles. The molecule has 0 aliphatic carbocycles. The van der Waals surface area contributed by atoms with Gasteiger partial charge in [-0.2, -0.15) is 8.78 Å². The van der Waals surface area contributed by atoms with E-state index in [1.54, 1.807) is 0 Å². The van der Waals surface area contributed by atoms with Crippen molar-refractivity contribution in [2.75, 3.05) is 7.11 Å². The molecule has 0 heterocycles. The summed E-state index contributed by atoms with van der Waals surface area (Å²) in [4.78, 5) is 0. The van der Waals surface area contributed by atoms with Gasteiger partial charge >= 0.3 is 6.61 Å². The highest BCUT2D eigenvalue weighted by Crippen LogP contribution is 2.34. The molecule has 0 aliphatic rings. The van der Waals surface area contributed by atoms with Gasteiger partial charge in [-0.1, -0.05) is 30.3 Å². The highest BCUT2D eigenvalue weighted by molar-refractivity contribution is 5.43. The summed E-state index contributed by atoms with van der Waals surface area (Å²) in [6, 6.07) is 9.93. The van der Waals surface area contributed by atoms with E-state index in [2.05, 4.69) is 4.74 Å². The van der Waals surface area contributed by atoms with Crippen LogP contribution in [0.2, 0.25) is 0 Å². The largest absolute Gasteiger partial charge is 0.494 e. The van der Waals surface area contributed by atoms with Crippen molar-refractivity contribution in [3.05, 3.63) is 59.4 Å². The third kappa shape index (κ3) is 3.28. The molecule has 0 aliphatic heterocycles. The fourth-order valence-electron chi connectivity index (χ4n) is 1.97. The van der Waals surface area contributed by atoms with Crippen LogP contribution in [-0.4, -0.2) is 18.8 Å². The number of aliphatic hydroxyl groups excluding tert-OH is 1. The van der Waals surface area contributed by atoms with Gasteiger partial charge in [-0.15, -0.1) is 0 Å². The number of para-hydroxylation sites is 1. The Morgan fingerprint density at radius 1 is 0.952 bits per heavy atom. The van der Waals surface area contributed by atoms with Gasteiger partial charge < -0.3 is 14.6 Å². The van der Waals surface area contributed by atoms with Crippen LogP contribution < -0.4 is 9.47 Å². The van der Waals surface area contributed by atoms with Crippen LogP contribution in [0.25, 0.3) is 0 Å². The molecule has 1 unspecified atom stereocenters. The first kappa shape index (κ1) is 15.2. The second-order valence-electron chi connectivity index (χ2n) is 4.18. The lowest BCUT2D eigenvalue weighted by Crippen LogP contribution is -2.09. The molecular weight excluding hydrogens is 285 g/mol. The molecule has 0 saturated heterocycles. The summed E-state index contributed by atoms with van der Waals surface area (Å²) in [6.45, 7) is -3.03. The minimum Gasteiger partial charge on any atom is -0.494 e. The predicted molar refractivity (Wildman–Crippen MR) is 70.1 cm³/mol. The second-order valence-corrected chi connectivity index (χ2v) is 4.18. The zero-order chi connectivity index (χ0) is 15.4. The molecule has 21 heavy (non-hydrogen) atoms. The maximum Gasteiger partial charge on any atom is 0.387 e. The summed E-state index contributed by atoms with van der Waals surface area (Å²) in [5.74, 6) is -1.000. The number of benzene rings is 2. The van der Waals surface area contributed by atoms with E-state index in [4.69, 9.17) is 4.74 Å². The second kappa shape index (κ2) is 6.49. The van der Waals surface area contributed by atoms with E-state index in [9.17, 15) is 18.3 Å². The fraction of sp³-hybridized carbons (Fsp3) is 0.200. The molecule has 0 radical (unpaired) electrons. The van der Waals surface area contributed by atoms with Crippen LogP contribution in [0.1, 0.15) is 17.2 Å². The molecule has 1 atom stereocenters. The Hall–Kier alpha value is -2.21. The Bertz CT molecular complexity index is 617. The maximum atomic E-state index is 14.1. The van der Waals surface area contributed by atoms with Gasteiger partial charge in [0, 0.05) is 11.1 Å². The quantitative estimate of drug-likeness (QED) is 0.918. The molecule has 0 spiro atoms. The minimum absolute atomic E-state index is 0.0428. The molecule has 0 amide bonds. The summed E-state index contributed by atoms with van der Waals surface area (Å²) in [5.41, 5.74) is -0.0374. The van der Waals surface area contributed by atoms with Gasteiger partial charge in [-0.05, 0) is 12.1 Å². The van der Waals surface area contributed by atoms with Crippen LogP contribution in [0.15, 0.2) is 42.5 Å². The highest BCUT2D eigenvalue weighted by Gasteiger charge is 2.22. The summed E-state index contributed by atoms with van der Waals surface area (Å²) in [5, 5.41) is 10.3. The summed E-state index contributed by atoms with van der Waals surface area (Å²) in [7, 11) is 1.29. The molecule has 0 saturated carbocycles. The summed E-state index contributed by atoms with van der Waals surface area (Å²) in [6.07, 6.45) is -1.45. The van der Waals surface area contributed by atoms with Gasteiger partial charge in [0.2, 0.25) is 0 Å². The molecule has 6 heteroatoms. The van der Waals surface area contributed by atoms with Gasteiger partial charge in [0.25, 0.3) is 0 Å². The lowest BCUT2D eigenvalue weighted by molar-refractivity contribution is -0.0512.